The Morgan fingerprint density at radius 1 is 1.22 bits per heavy atom. The van der Waals surface area contributed by atoms with Crippen molar-refractivity contribution in [2.24, 2.45) is 0 Å². The minimum atomic E-state index is -0.230. The first-order valence-corrected chi connectivity index (χ1v) is 10.1. The lowest BCUT2D eigenvalue weighted by Crippen LogP contribution is -2.40. The van der Waals surface area contributed by atoms with Crippen LogP contribution in [0, 0.1) is 0 Å². The minimum absolute atomic E-state index is 0.230. The zero-order chi connectivity index (χ0) is 19.1. The summed E-state index contributed by atoms with van der Waals surface area (Å²) in [7, 11) is 3.16. The number of carbonyl (C=O) groups excluding carboxylic acids is 1. The van der Waals surface area contributed by atoms with Crippen LogP contribution >= 0.6 is 11.3 Å². The van der Waals surface area contributed by atoms with Gasteiger partial charge in [-0.25, -0.2) is 4.79 Å². The van der Waals surface area contributed by atoms with Gasteiger partial charge in [-0.15, -0.1) is 11.3 Å². The third-order valence-electron chi connectivity index (χ3n) is 4.90. The number of nitrogens with one attached hydrogen (secondary N) is 2. The lowest BCUT2D eigenvalue weighted by atomic mass is 9.95. The van der Waals surface area contributed by atoms with E-state index in [2.05, 4.69) is 33.0 Å². The number of thiophene rings is 1. The molecule has 2 amide bonds. The Morgan fingerprint density at radius 2 is 2.04 bits per heavy atom. The van der Waals surface area contributed by atoms with Crippen LogP contribution in [0.1, 0.15) is 23.6 Å². The van der Waals surface area contributed by atoms with E-state index >= 15 is 0 Å². The van der Waals surface area contributed by atoms with Gasteiger partial charge in [0.05, 0.1) is 19.9 Å². The van der Waals surface area contributed by atoms with Crippen molar-refractivity contribution in [1.82, 2.24) is 10.2 Å². The van der Waals surface area contributed by atoms with Gasteiger partial charge in [-0.2, -0.15) is 0 Å². The number of anilines is 1. The van der Waals surface area contributed by atoms with E-state index < -0.39 is 0 Å². The predicted molar refractivity (Wildman–Crippen MR) is 109 cm³/mol. The summed E-state index contributed by atoms with van der Waals surface area (Å²) in [6, 6.07) is 9.44. The van der Waals surface area contributed by atoms with Gasteiger partial charge >= 0.3 is 6.03 Å². The van der Waals surface area contributed by atoms with Gasteiger partial charge < -0.3 is 25.0 Å². The molecule has 7 heteroatoms. The Bertz CT molecular complexity index is 728. The lowest BCUT2D eigenvalue weighted by molar-refractivity contribution is 0.212. The van der Waals surface area contributed by atoms with E-state index in [9.17, 15) is 4.79 Å². The molecule has 0 spiro atoms. The maximum absolute atomic E-state index is 12.2. The monoisotopic (exact) mass is 389 g/mol. The summed E-state index contributed by atoms with van der Waals surface area (Å²) >= 11 is 1.86. The van der Waals surface area contributed by atoms with Crippen molar-refractivity contribution >= 4 is 23.1 Å². The van der Waals surface area contributed by atoms with Crippen LogP contribution in [-0.4, -0.2) is 51.3 Å². The molecule has 0 saturated carbocycles. The molecular formula is C20H27N3O3S. The van der Waals surface area contributed by atoms with Crippen molar-refractivity contribution in [3.63, 3.8) is 0 Å². The summed E-state index contributed by atoms with van der Waals surface area (Å²) in [5.74, 6) is 1.95. The van der Waals surface area contributed by atoms with Gasteiger partial charge in [0.15, 0.2) is 0 Å². The fourth-order valence-electron chi connectivity index (χ4n) is 3.36. The maximum Gasteiger partial charge on any atom is 0.319 e. The fourth-order valence-corrected chi connectivity index (χ4v) is 4.26. The average Bonchev–Trinajstić information content (AvgIpc) is 3.23. The summed E-state index contributed by atoms with van der Waals surface area (Å²) in [6.45, 7) is 3.65. The van der Waals surface area contributed by atoms with Crippen LogP contribution in [0.25, 0.3) is 0 Å². The van der Waals surface area contributed by atoms with Gasteiger partial charge in [0.1, 0.15) is 11.5 Å². The normalized spacial score (nSPS) is 15.3. The van der Waals surface area contributed by atoms with Crippen LogP contribution in [0.3, 0.4) is 0 Å². The third kappa shape index (κ3) is 5.37. The smallest absolute Gasteiger partial charge is 0.319 e. The quantitative estimate of drug-likeness (QED) is 0.757. The van der Waals surface area contributed by atoms with Crippen molar-refractivity contribution in [2.75, 3.05) is 45.7 Å². The molecule has 0 bridgehead atoms. The van der Waals surface area contributed by atoms with Crippen LogP contribution in [0.2, 0.25) is 0 Å². The summed E-state index contributed by atoms with van der Waals surface area (Å²) in [6.07, 6.45) is 2.38. The number of amides is 2. The van der Waals surface area contributed by atoms with Crippen molar-refractivity contribution in [2.45, 2.75) is 18.8 Å². The zero-order valence-electron chi connectivity index (χ0n) is 15.9. The van der Waals surface area contributed by atoms with E-state index in [4.69, 9.17) is 9.47 Å². The third-order valence-corrected chi connectivity index (χ3v) is 5.94. The fraction of sp³-hybridized carbons (Fsp3) is 0.450. The molecule has 2 N–H and O–H groups in total. The van der Waals surface area contributed by atoms with Crippen molar-refractivity contribution < 1.29 is 14.3 Å². The van der Waals surface area contributed by atoms with Crippen molar-refractivity contribution in [3.8, 4) is 11.5 Å². The Hall–Kier alpha value is -2.25. The largest absolute Gasteiger partial charge is 0.497 e. The Kier molecular flexibility index (Phi) is 6.95. The molecule has 3 rings (SSSR count). The maximum atomic E-state index is 12.2. The number of rotatable bonds is 7. The van der Waals surface area contributed by atoms with E-state index in [1.54, 1.807) is 32.4 Å². The number of ether oxygens (including phenoxy) is 2. The number of urea groups is 1. The molecule has 0 aliphatic carbocycles. The van der Waals surface area contributed by atoms with Crippen LogP contribution in [0.4, 0.5) is 10.5 Å². The van der Waals surface area contributed by atoms with Crippen molar-refractivity contribution in [1.29, 1.82) is 0 Å². The van der Waals surface area contributed by atoms with E-state index in [-0.39, 0.29) is 6.03 Å². The number of piperidine rings is 1. The standard InChI is InChI=1S/C20H27N3O3S/c1-25-16-5-6-17(18(14-16)26-2)22-20(24)21-9-12-23-10-7-15(8-11-23)19-4-3-13-27-19/h3-6,13-15H,7-12H2,1-2H3,(H2,21,22,24). The highest BCUT2D eigenvalue weighted by atomic mass is 32.1. The number of methoxy groups -OCH3 is 2. The molecule has 0 unspecified atom stereocenters. The summed E-state index contributed by atoms with van der Waals surface area (Å²) in [5.41, 5.74) is 0.618. The minimum Gasteiger partial charge on any atom is -0.497 e. The van der Waals surface area contributed by atoms with Crippen LogP contribution < -0.4 is 20.1 Å². The molecule has 1 aromatic heterocycles. The first-order valence-electron chi connectivity index (χ1n) is 9.22. The topological polar surface area (TPSA) is 62.8 Å². The molecule has 1 aromatic carbocycles. The van der Waals surface area contributed by atoms with Gasteiger partial charge in [-0.05, 0) is 55.4 Å². The van der Waals surface area contributed by atoms with Gasteiger partial charge in [0.2, 0.25) is 0 Å². The number of carbonyl (C=O) groups is 1. The second kappa shape index (κ2) is 9.62. The van der Waals surface area contributed by atoms with E-state index in [1.807, 2.05) is 11.3 Å². The molecule has 1 saturated heterocycles. The van der Waals surface area contributed by atoms with E-state index in [0.29, 0.717) is 29.6 Å². The summed E-state index contributed by atoms with van der Waals surface area (Å²) < 4.78 is 10.5. The molecule has 146 valence electrons. The van der Waals surface area contributed by atoms with Crippen molar-refractivity contribution in [3.05, 3.63) is 40.6 Å². The highest BCUT2D eigenvalue weighted by molar-refractivity contribution is 7.10. The molecule has 1 aliphatic heterocycles. The van der Waals surface area contributed by atoms with E-state index in [0.717, 1.165) is 19.6 Å². The Balaban J connectivity index is 1.39. The number of hydrogen-bond donors (Lipinski definition) is 2. The number of benzene rings is 1. The highest BCUT2D eigenvalue weighted by Gasteiger charge is 2.21. The zero-order valence-corrected chi connectivity index (χ0v) is 16.7. The number of hydrogen-bond acceptors (Lipinski definition) is 5. The lowest BCUT2D eigenvalue weighted by Gasteiger charge is -2.31. The summed E-state index contributed by atoms with van der Waals surface area (Å²) in [4.78, 5) is 16.1. The first-order chi connectivity index (χ1) is 13.2. The molecule has 0 atom stereocenters. The molecule has 1 aliphatic rings. The van der Waals surface area contributed by atoms with Crippen LogP contribution in [0.5, 0.6) is 11.5 Å². The second-order valence-electron chi connectivity index (χ2n) is 6.58. The first kappa shape index (κ1) is 19.5. The molecule has 0 radical (unpaired) electrons. The molecule has 2 aromatic rings. The average molecular weight is 390 g/mol. The molecular weight excluding hydrogens is 362 g/mol. The number of nitrogens with zero attached hydrogens (tertiary/aromatic N) is 1. The van der Waals surface area contributed by atoms with Gasteiger partial charge in [-0.1, -0.05) is 6.07 Å². The molecule has 27 heavy (non-hydrogen) atoms. The Morgan fingerprint density at radius 3 is 2.70 bits per heavy atom. The predicted octanol–water partition coefficient (Wildman–Crippen LogP) is 3.77. The molecule has 2 heterocycles. The van der Waals surface area contributed by atoms with Crippen LogP contribution in [-0.2, 0) is 0 Å². The molecule has 6 nitrogen and oxygen atoms in total. The van der Waals surface area contributed by atoms with Gasteiger partial charge in [0, 0.05) is 24.0 Å². The summed E-state index contributed by atoms with van der Waals surface area (Å²) in [5, 5.41) is 7.90. The van der Waals surface area contributed by atoms with E-state index in [1.165, 1.54) is 17.7 Å². The second-order valence-corrected chi connectivity index (χ2v) is 7.56. The van der Waals surface area contributed by atoms with Gasteiger partial charge in [0.25, 0.3) is 0 Å². The number of likely N-dealkylation sites (tertiary alicyclic amines) is 1. The SMILES string of the molecule is COc1ccc(NC(=O)NCCN2CCC(c3cccs3)CC2)c(OC)c1. The molecule has 1 fully saturated rings. The Labute approximate surface area is 164 Å². The highest BCUT2D eigenvalue weighted by Crippen LogP contribution is 2.31. The van der Waals surface area contributed by atoms with Gasteiger partial charge in [-0.3, -0.25) is 0 Å². The van der Waals surface area contributed by atoms with Crippen LogP contribution in [0.15, 0.2) is 35.7 Å².